The van der Waals surface area contributed by atoms with Gasteiger partial charge in [0.1, 0.15) is 5.76 Å². The summed E-state index contributed by atoms with van der Waals surface area (Å²) in [5.74, 6) is 1.36. The van der Waals surface area contributed by atoms with Gasteiger partial charge >= 0.3 is 0 Å². The van der Waals surface area contributed by atoms with E-state index in [2.05, 4.69) is 5.10 Å². The van der Waals surface area contributed by atoms with Crippen LogP contribution >= 0.6 is 0 Å². The molecule has 3 aromatic rings. The maximum absolute atomic E-state index is 10.6. The number of hydrogen-bond donors (Lipinski definition) is 1. The van der Waals surface area contributed by atoms with Gasteiger partial charge in [-0.3, -0.25) is 10.1 Å². The van der Waals surface area contributed by atoms with E-state index in [1.165, 1.54) is 12.1 Å². The van der Waals surface area contributed by atoms with Crippen LogP contribution in [0.5, 0.6) is 0 Å². The Hall–Kier alpha value is -3.09. The number of non-ortho nitro benzene ring substituents is 1. The van der Waals surface area contributed by atoms with Crippen LogP contribution in [-0.2, 0) is 0 Å². The number of nitrogens with two attached hydrogens (primary N) is 1. The Bertz CT molecular complexity index is 802. The lowest BCUT2D eigenvalue weighted by atomic mass is 10.3. The van der Waals surface area contributed by atoms with Crippen LogP contribution in [0.1, 0.15) is 5.76 Å². The smallest absolute Gasteiger partial charge is 0.269 e. The van der Waals surface area contributed by atoms with E-state index in [1.807, 2.05) is 13.0 Å². The number of rotatable bonds is 3. The van der Waals surface area contributed by atoms with E-state index in [9.17, 15) is 10.1 Å². The van der Waals surface area contributed by atoms with E-state index < -0.39 is 4.92 Å². The Balaban J connectivity index is 1.98. The first-order valence-corrected chi connectivity index (χ1v) is 6.21. The molecule has 2 aromatic heterocycles. The molecule has 0 fully saturated rings. The number of anilines is 1. The van der Waals surface area contributed by atoms with E-state index in [-0.39, 0.29) is 5.69 Å². The van der Waals surface area contributed by atoms with Gasteiger partial charge in [-0.05, 0) is 31.2 Å². The third-order valence-electron chi connectivity index (χ3n) is 3.04. The zero-order valence-corrected chi connectivity index (χ0v) is 11.2. The standard InChI is InChI=1S/C14H12N4O3/c1-9-2-7-13(21-9)14-12(15)8-17(16-14)10-3-5-11(6-4-10)18(19)20/h2-8H,15H2,1H3. The molecule has 0 saturated heterocycles. The number of nitro benzene ring substituents is 1. The number of hydrogen-bond acceptors (Lipinski definition) is 5. The molecule has 0 spiro atoms. The third-order valence-corrected chi connectivity index (χ3v) is 3.04. The summed E-state index contributed by atoms with van der Waals surface area (Å²) in [6.07, 6.45) is 1.65. The van der Waals surface area contributed by atoms with Gasteiger partial charge in [0.25, 0.3) is 5.69 Å². The largest absolute Gasteiger partial charge is 0.460 e. The molecule has 2 N–H and O–H groups in total. The molecule has 1 aromatic carbocycles. The zero-order chi connectivity index (χ0) is 15.0. The van der Waals surface area contributed by atoms with E-state index in [4.69, 9.17) is 10.2 Å². The van der Waals surface area contributed by atoms with Crippen molar-refractivity contribution in [3.8, 4) is 17.1 Å². The summed E-state index contributed by atoms with van der Waals surface area (Å²) in [5, 5.41) is 15.0. The van der Waals surface area contributed by atoms with Crippen molar-refractivity contribution >= 4 is 11.4 Å². The van der Waals surface area contributed by atoms with Crippen molar-refractivity contribution in [3.63, 3.8) is 0 Å². The maximum atomic E-state index is 10.6. The van der Waals surface area contributed by atoms with Gasteiger partial charge in [-0.1, -0.05) is 0 Å². The maximum Gasteiger partial charge on any atom is 0.269 e. The van der Waals surface area contributed by atoms with Crippen LogP contribution in [0, 0.1) is 17.0 Å². The van der Waals surface area contributed by atoms with Crippen molar-refractivity contribution in [2.75, 3.05) is 5.73 Å². The van der Waals surface area contributed by atoms with Gasteiger partial charge in [0.2, 0.25) is 0 Å². The molecular weight excluding hydrogens is 272 g/mol. The molecule has 0 radical (unpaired) electrons. The number of nitrogens with zero attached hydrogens (tertiary/aromatic N) is 3. The summed E-state index contributed by atoms with van der Waals surface area (Å²) in [4.78, 5) is 10.2. The van der Waals surface area contributed by atoms with Gasteiger partial charge in [-0.2, -0.15) is 5.10 Å². The summed E-state index contributed by atoms with van der Waals surface area (Å²) < 4.78 is 7.07. The molecular formula is C14H12N4O3. The fraction of sp³-hybridized carbons (Fsp3) is 0.0714. The summed E-state index contributed by atoms with van der Waals surface area (Å²) >= 11 is 0. The summed E-state index contributed by atoms with van der Waals surface area (Å²) in [7, 11) is 0. The minimum atomic E-state index is -0.446. The molecule has 0 aliphatic rings. The molecule has 0 unspecified atom stereocenters. The minimum absolute atomic E-state index is 0.0285. The van der Waals surface area contributed by atoms with Crippen molar-refractivity contribution in [2.24, 2.45) is 0 Å². The number of furan rings is 1. The van der Waals surface area contributed by atoms with Crippen LogP contribution in [0.2, 0.25) is 0 Å². The molecule has 21 heavy (non-hydrogen) atoms. The molecule has 0 atom stereocenters. The molecule has 0 amide bonds. The van der Waals surface area contributed by atoms with Crippen LogP contribution < -0.4 is 5.73 Å². The van der Waals surface area contributed by atoms with Crippen LogP contribution in [0.4, 0.5) is 11.4 Å². The highest BCUT2D eigenvalue weighted by molar-refractivity contribution is 5.68. The first kappa shape index (κ1) is 12.9. The Kier molecular flexibility index (Phi) is 2.94. The fourth-order valence-electron chi connectivity index (χ4n) is 2.00. The molecule has 2 heterocycles. The number of aryl methyl sites for hydroxylation is 1. The number of aromatic nitrogens is 2. The quantitative estimate of drug-likeness (QED) is 0.588. The van der Waals surface area contributed by atoms with Crippen molar-refractivity contribution < 1.29 is 9.34 Å². The van der Waals surface area contributed by atoms with Gasteiger partial charge in [0, 0.05) is 12.1 Å². The summed E-state index contributed by atoms with van der Waals surface area (Å²) in [6.45, 7) is 1.84. The third kappa shape index (κ3) is 2.36. The Labute approximate surface area is 119 Å². The second kappa shape index (κ2) is 4.78. The predicted octanol–water partition coefficient (Wildman–Crippen LogP) is 2.93. The van der Waals surface area contributed by atoms with Crippen molar-refractivity contribution in [1.82, 2.24) is 9.78 Å². The Morgan fingerprint density at radius 1 is 1.24 bits per heavy atom. The number of nitro groups is 1. The number of nitrogen functional groups attached to an aromatic ring is 1. The molecule has 0 saturated carbocycles. The monoisotopic (exact) mass is 284 g/mol. The lowest BCUT2D eigenvalue weighted by Gasteiger charge is -1.99. The normalized spacial score (nSPS) is 10.7. The van der Waals surface area contributed by atoms with E-state index in [1.54, 1.807) is 29.1 Å². The van der Waals surface area contributed by atoms with E-state index >= 15 is 0 Å². The average molecular weight is 284 g/mol. The lowest BCUT2D eigenvalue weighted by molar-refractivity contribution is -0.384. The molecule has 0 aliphatic heterocycles. The highest BCUT2D eigenvalue weighted by Crippen LogP contribution is 2.27. The zero-order valence-electron chi connectivity index (χ0n) is 11.2. The SMILES string of the molecule is Cc1ccc(-c2nn(-c3ccc([N+](=O)[O-])cc3)cc2N)o1. The molecule has 7 nitrogen and oxygen atoms in total. The van der Waals surface area contributed by atoms with Crippen molar-refractivity contribution in [2.45, 2.75) is 6.92 Å². The minimum Gasteiger partial charge on any atom is -0.460 e. The summed E-state index contributed by atoms with van der Waals surface area (Å²) in [5.41, 5.74) is 7.68. The first-order valence-electron chi connectivity index (χ1n) is 6.21. The van der Waals surface area contributed by atoms with Gasteiger partial charge in [0.05, 0.1) is 22.5 Å². The van der Waals surface area contributed by atoms with Crippen LogP contribution in [0.3, 0.4) is 0 Å². The summed E-state index contributed by atoms with van der Waals surface area (Å²) in [6, 6.07) is 9.70. The topological polar surface area (TPSA) is 100 Å². The van der Waals surface area contributed by atoms with E-state index in [0.717, 1.165) is 5.76 Å². The first-order chi connectivity index (χ1) is 10.0. The average Bonchev–Trinajstić information content (AvgIpc) is 3.05. The molecule has 7 heteroatoms. The number of benzene rings is 1. The van der Waals surface area contributed by atoms with Crippen molar-refractivity contribution in [3.05, 3.63) is 58.5 Å². The van der Waals surface area contributed by atoms with Gasteiger partial charge in [-0.15, -0.1) is 0 Å². The van der Waals surface area contributed by atoms with Gasteiger partial charge in [-0.25, -0.2) is 4.68 Å². The highest BCUT2D eigenvalue weighted by Gasteiger charge is 2.13. The molecule has 0 aliphatic carbocycles. The van der Waals surface area contributed by atoms with Crippen LogP contribution in [0.25, 0.3) is 17.1 Å². The van der Waals surface area contributed by atoms with Crippen LogP contribution in [0.15, 0.2) is 47.0 Å². The van der Waals surface area contributed by atoms with Gasteiger partial charge in [0.15, 0.2) is 11.5 Å². The fourth-order valence-corrected chi connectivity index (χ4v) is 2.00. The van der Waals surface area contributed by atoms with Crippen LogP contribution in [-0.4, -0.2) is 14.7 Å². The second-order valence-corrected chi connectivity index (χ2v) is 4.56. The van der Waals surface area contributed by atoms with E-state index in [0.29, 0.717) is 22.8 Å². The second-order valence-electron chi connectivity index (χ2n) is 4.56. The Morgan fingerprint density at radius 2 is 1.95 bits per heavy atom. The predicted molar refractivity (Wildman–Crippen MR) is 77.1 cm³/mol. The molecule has 3 rings (SSSR count). The lowest BCUT2D eigenvalue weighted by Crippen LogP contribution is -1.95. The van der Waals surface area contributed by atoms with Crippen molar-refractivity contribution in [1.29, 1.82) is 0 Å². The van der Waals surface area contributed by atoms with Gasteiger partial charge < -0.3 is 10.2 Å². The molecule has 0 bridgehead atoms. The Morgan fingerprint density at radius 3 is 2.52 bits per heavy atom. The molecule has 106 valence electrons. The highest BCUT2D eigenvalue weighted by atomic mass is 16.6.